The number of hydrogen-bond acceptors (Lipinski definition) is 7. The van der Waals surface area contributed by atoms with Gasteiger partial charge in [0.15, 0.2) is 22.3 Å². The third-order valence-corrected chi connectivity index (χ3v) is 9.26. The first kappa shape index (κ1) is 29.2. The van der Waals surface area contributed by atoms with Gasteiger partial charge < -0.3 is 18.9 Å². The maximum Gasteiger partial charge on any atom is 0.253 e. The maximum absolute atomic E-state index is 12.9. The Morgan fingerprint density at radius 1 is 1.25 bits per heavy atom. The van der Waals surface area contributed by atoms with E-state index >= 15 is 0 Å². The molecule has 2 aliphatic rings. The number of likely N-dealkylation sites (tertiary alicyclic amines) is 1. The quantitative estimate of drug-likeness (QED) is 0.221. The number of thioether (sulfide) groups is 1. The molecule has 40 heavy (non-hydrogen) atoms. The zero-order chi connectivity index (χ0) is 28.3. The lowest BCUT2D eigenvalue weighted by molar-refractivity contribution is -0.135. The highest BCUT2D eigenvalue weighted by atomic mass is 79.9. The van der Waals surface area contributed by atoms with Gasteiger partial charge in [0.05, 0.1) is 11.4 Å². The number of aromatic nitrogens is 4. The zero-order valence-electron chi connectivity index (χ0n) is 23.9. The number of fused-ring (bicyclic) bond motifs is 2. The van der Waals surface area contributed by atoms with Gasteiger partial charge in [-0.05, 0) is 55.2 Å². The number of halogens is 1. The van der Waals surface area contributed by atoms with Crippen molar-refractivity contribution in [3.05, 3.63) is 35.2 Å². The lowest BCUT2D eigenvalue weighted by atomic mass is 9.89. The van der Waals surface area contributed by atoms with Crippen LogP contribution in [-0.4, -0.2) is 55.0 Å². The lowest BCUT2D eigenvalue weighted by Gasteiger charge is -2.34. The van der Waals surface area contributed by atoms with Crippen LogP contribution >= 0.6 is 27.7 Å². The Morgan fingerprint density at radius 3 is 2.88 bits per heavy atom. The highest BCUT2D eigenvalue weighted by Gasteiger charge is 2.34. The van der Waals surface area contributed by atoms with E-state index in [2.05, 4.69) is 63.1 Å². The number of rotatable bonds is 10. The first-order valence-electron chi connectivity index (χ1n) is 14.4. The molecule has 3 atom stereocenters. The van der Waals surface area contributed by atoms with Gasteiger partial charge in [0.1, 0.15) is 11.8 Å². The van der Waals surface area contributed by atoms with Gasteiger partial charge >= 0.3 is 0 Å². The minimum absolute atomic E-state index is 0.00447. The van der Waals surface area contributed by atoms with Crippen molar-refractivity contribution in [1.29, 1.82) is 0 Å². The van der Waals surface area contributed by atoms with Gasteiger partial charge in [0.25, 0.3) is 6.29 Å². The van der Waals surface area contributed by atoms with Crippen LogP contribution < -0.4 is 9.47 Å². The Kier molecular flexibility index (Phi) is 9.24. The lowest BCUT2D eigenvalue weighted by Crippen LogP contribution is -2.41. The summed E-state index contributed by atoms with van der Waals surface area (Å²) in [5.41, 5.74) is 1.65. The molecule has 1 fully saturated rings. The van der Waals surface area contributed by atoms with Crippen molar-refractivity contribution in [2.24, 2.45) is 11.3 Å². The second-order valence-corrected chi connectivity index (χ2v) is 14.3. The van der Waals surface area contributed by atoms with Crippen LogP contribution in [0.4, 0.5) is 0 Å². The van der Waals surface area contributed by atoms with E-state index in [1.54, 1.807) is 24.3 Å². The van der Waals surface area contributed by atoms with Gasteiger partial charge in [-0.15, -0.1) is 0 Å². The first-order chi connectivity index (χ1) is 19.2. The molecule has 216 valence electrons. The number of carbonyl (C=O) groups excluding carboxylic acids is 1. The Bertz CT molecular complexity index is 1330. The first-order valence-corrected chi connectivity index (χ1v) is 16.1. The molecule has 0 N–H and O–H groups in total. The molecule has 10 heteroatoms. The van der Waals surface area contributed by atoms with Gasteiger partial charge in [0, 0.05) is 30.5 Å². The molecule has 0 aliphatic carbocycles. The number of imidazole rings is 1. The fourth-order valence-corrected chi connectivity index (χ4v) is 7.01. The minimum Gasteiger partial charge on any atom is -0.450 e. The molecule has 2 aromatic heterocycles. The second-order valence-electron chi connectivity index (χ2n) is 12.1. The van der Waals surface area contributed by atoms with E-state index in [9.17, 15) is 4.79 Å². The van der Waals surface area contributed by atoms with Gasteiger partial charge in [0.2, 0.25) is 5.91 Å². The molecule has 1 amide bonds. The maximum atomic E-state index is 12.9. The molecule has 4 heterocycles. The topological polar surface area (TPSA) is 82.4 Å². The summed E-state index contributed by atoms with van der Waals surface area (Å²) in [7, 11) is 0. The number of hydrogen-bond donors (Lipinski definition) is 0. The molecular formula is C30H40BrN5O3S. The molecule has 8 nitrogen and oxygen atoms in total. The zero-order valence-corrected chi connectivity index (χ0v) is 26.3. The van der Waals surface area contributed by atoms with Gasteiger partial charge in [-0.3, -0.25) is 4.79 Å². The molecule has 0 spiro atoms. The molecule has 3 aromatic rings. The SMILES string of the molecule is CCCCC(Sc1nc2cncnc2n1CCC1CCCN(C(=O)CC(C)(C)C)C1)C1Oc2ccc(Br)cc2O1. The van der Waals surface area contributed by atoms with Crippen molar-refractivity contribution in [3.63, 3.8) is 0 Å². The smallest absolute Gasteiger partial charge is 0.253 e. The summed E-state index contributed by atoms with van der Waals surface area (Å²) in [5.74, 6) is 2.28. The summed E-state index contributed by atoms with van der Waals surface area (Å²) in [6, 6.07) is 5.88. The monoisotopic (exact) mass is 629 g/mol. The van der Waals surface area contributed by atoms with E-state index in [1.165, 1.54) is 0 Å². The fourth-order valence-electron chi connectivity index (χ4n) is 5.44. The largest absolute Gasteiger partial charge is 0.450 e. The van der Waals surface area contributed by atoms with Crippen molar-refractivity contribution in [3.8, 4) is 11.5 Å². The van der Waals surface area contributed by atoms with E-state index in [4.69, 9.17) is 14.5 Å². The highest BCUT2D eigenvalue weighted by molar-refractivity contribution is 9.10. The van der Waals surface area contributed by atoms with Crippen LogP contribution in [-0.2, 0) is 11.3 Å². The van der Waals surface area contributed by atoms with Gasteiger partial charge in [-0.25, -0.2) is 15.0 Å². The molecule has 1 aromatic carbocycles. The van der Waals surface area contributed by atoms with Crippen LogP contribution in [0.3, 0.4) is 0 Å². The number of amides is 1. The van der Waals surface area contributed by atoms with Crippen LogP contribution in [0.2, 0.25) is 0 Å². The van der Waals surface area contributed by atoms with Crippen molar-refractivity contribution in [2.45, 2.75) is 95.9 Å². The van der Waals surface area contributed by atoms with Crippen LogP contribution in [0, 0.1) is 11.3 Å². The van der Waals surface area contributed by atoms with Crippen molar-refractivity contribution >= 4 is 44.8 Å². The van der Waals surface area contributed by atoms with Crippen LogP contribution in [0.25, 0.3) is 11.2 Å². The molecule has 1 saturated heterocycles. The van der Waals surface area contributed by atoms with E-state index in [0.29, 0.717) is 12.3 Å². The predicted octanol–water partition coefficient (Wildman–Crippen LogP) is 7.10. The predicted molar refractivity (Wildman–Crippen MR) is 162 cm³/mol. The molecular weight excluding hydrogens is 590 g/mol. The molecule has 0 bridgehead atoms. The van der Waals surface area contributed by atoms with Crippen LogP contribution in [0.15, 0.2) is 40.4 Å². The minimum atomic E-state index is -0.388. The summed E-state index contributed by atoms with van der Waals surface area (Å²) in [4.78, 5) is 28.8. The van der Waals surface area contributed by atoms with Gasteiger partial charge in [-0.2, -0.15) is 0 Å². The molecule has 0 radical (unpaired) electrons. The molecule has 0 saturated carbocycles. The number of nitrogens with zero attached hydrogens (tertiary/aromatic N) is 5. The summed E-state index contributed by atoms with van der Waals surface area (Å²) in [6.45, 7) is 11.1. The number of ether oxygens (including phenoxy) is 2. The second kappa shape index (κ2) is 12.7. The van der Waals surface area contributed by atoms with Gasteiger partial charge in [-0.1, -0.05) is 68.2 Å². The summed E-state index contributed by atoms with van der Waals surface area (Å²) < 4.78 is 15.7. The molecule has 5 rings (SSSR count). The average molecular weight is 631 g/mol. The standard InChI is InChI=1S/C30H40BrN5O3S/c1-5-6-9-25(28-38-23-11-10-21(31)15-24(23)39-28)40-29-34-22-17-32-19-33-27(22)36(29)14-12-20-8-7-13-35(18-20)26(37)16-30(2,3)4/h10-11,15,17,19-20,25,28H,5-9,12-14,16,18H2,1-4H3. The number of unbranched alkanes of at least 4 members (excludes halogenated alkanes) is 1. The molecule has 2 aliphatic heterocycles. The van der Waals surface area contributed by atoms with Crippen molar-refractivity contribution in [2.75, 3.05) is 13.1 Å². The third kappa shape index (κ3) is 7.11. The molecule has 3 unspecified atom stereocenters. The Morgan fingerprint density at radius 2 is 2.08 bits per heavy atom. The van der Waals surface area contributed by atoms with Crippen molar-refractivity contribution < 1.29 is 14.3 Å². The number of piperidine rings is 1. The van der Waals surface area contributed by atoms with E-state index in [1.807, 2.05) is 18.2 Å². The highest BCUT2D eigenvalue weighted by Crippen LogP contribution is 2.42. The Balaban J connectivity index is 1.32. The van der Waals surface area contributed by atoms with Crippen molar-refractivity contribution in [1.82, 2.24) is 24.4 Å². The Hall–Kier alpha value is -2.33. The summed E-state index contributed by atoms with van der Waals surface area (Å²) in [5, 5.41) is 0.979. The van der Waals surface area contributed by atoms with E-state index in [0.717, 1.165) is 90.5 Å². The fraction of sp³-hybridized carbons (Fsp3) is 0.600. The summed E-state index contributed by atoms with van der Waals surface area (Å²) >= 11 is 5.24. The number of carbonyl (C=O) groups is 1. The van der Waals surface area contributed by atoms with Crippen LogP contribution in [0.5, 0.6) is 11.5 Å². The number of aryl methyl sites for hydroxylation is 1. The third-order valence-electron chi connectivity index (χ3n) is 7.48. The van der Waals surface area contributed by atoms with Crippen LogP contribution in [0.1, 0.15) is 72.6 Å². The van der Waals surface area contributed by atoms with E-state index in [-0.39, 0.29) is 22.9 Å². The average Bonchev–Trinajstić information content (AvgIpc) is 3.49. The normalized spacial score (nSPS) is 19.8. The van der Waals surface area contributed by atoms with E-state index < -0.39 is 0 Å². The summed E-state index contributed by atoms with van der Waals surface area (Å²) in [6.07, 6.45) is 9.86. The number of benzene rings is 1. The Labute approximate surface area is 249 Å².